The molecule has 0 aromatic rings. The van der Waals surface area contributed by atoms with Gasteiger partial charge < -0.3 is 4.84 Å². The number of hydrogen-bond acceptors (Lipinski definition) is 3. The molecule has 0 radical (unpaired) electrons. The van der Waals surface area contributed by atoms with E-state index in [1.807, 2.05) is 0 Å². The van der Waals surface area contributed by atoms with Gasteiger partial charge in [-0.15, -0.1) is 0 Å². The van der Waals surface area contributed by atoms with E-state index < -0.39 is 0 Å². The molecule has 1 N–H and O–H groups in total. The van der Waals surface area contributed by atoms with E-state index in [4.69, 9.17) is 4.84 Å². The van der Waals surface area contributed by atoms with Gasteiger partial charge in [0.15, 0.2) is 0 Å². The van der Waals surface area contributed by atoms with Crippen LogP contribution < -0.4 is 5.48 Å². The Morgan fingerprint density at radius 3 is 1.61 bits per heavy atom. The number of carbonyl (C=O) groups excluding carboxylic acids is 1. The first kappa shape index (κ1) is 22.4. The lowest BCUT2D eigenvalue weighted by molar-refractivity contribution is -0.151. The van der Waals surface area contributed by atoms with Crippen LogP contribution in [0.4, 0.5) is 0 Å². The highest BCUT2D eigenvalue weighted by Gasteiger charge is 2.01. The van der Waals surface area contributed by atoms with E-state index in [0.29, 0.717) is 6.42 Å². The number of rotatable bonds is 18. The fourth-order valence-electron chi connectivity index (χ4n) is 2.74. The first-order valence-corrected chi connectivity index (χ1v) is 10.2. The molecule has 0 bridgehead atoms. The molecule has 0 saturated carbocycles. The van der Waals surface area contributed by atoms with Crippen LogP contribution in [-0.4, -0.2) is 12.5 Å². The zero-order valence-corrected chi connectivity index (χ0v) is 15.8. The summed E-state index contributed by atoms with van der Waals surface area (Å²) in [5.74, 6) is -0.114. The van der Waals surface area contributed by atoms with Crippen molar-refractivity contribution in [2.24, 2.45) is 0 Å². The first-order valence-electron chi connectivity index (χ1n) is 10.2. The third kappa shape index (κ3) is 19.4. The summed E-state index contributed by atoms with van der Waals surface area (Å²) in [6, 6.07) is 0. The molecule has 0 rings (SSSR count). The zero-order valence-electron chi connectivity index (χ0n) is 15.8. The molecule has 0 aliphatic carbocycles. The lowest BCUT2D eigenvalue weighted by Crippen LogP contribution is -2.20. The van der Waals surface area contributed by atoms with E-state index in [1.54, 1.807) is 0 Å². The van der Waals surface area contributed by atoms with Crippen LogP contribution in [-0.2, 0) is 9.63 Å². The smallest absolute Gasteiger partial charge is 0.324 e. The molecule has 0 atom stereocenters. The Kier molecular flexibility index (Phi) is 19.0. The summed E-state index contributed by atoms with van der Waals surface area (Å²) >= 11 is 0. The molecular formula is C20H41NO2. The SMILES string of the molecule is CCCCCCCCCCCCCCNOC(=O)CCCCC. The van der Waals surface area contributed by atoms with E-state index in [1.165, 1.54) is 70.6 Å². The average molecular weight is 328 g/mol. The minimum Gasteiger partial charge on any atom is -0.371 e. The molecule has 0 aromatic heterocycles. The predicted molar refractivity (Wildman–Crippen MR) is 99.3 cm³/mol. The Morgan fingerprint density at radius 2 is 1.09 bits per heavy atom. The van der Waals surface area contributed by atoms with Crippen molar-refractivity contribution in [3.8, 4) is 0 Å². The summed E-state index contributed by atoms with van der Waals surface area (Å²) < 4.78 is 0. The van der Waals surface area contributed by atoms with E-state index in [0.717, 1.165) is 32.2 Å². The maximum atomic E-state index is 11.4. The standard InChI is InChI=1S/C20H41NO2/c1-3-5-7-8-9-10-11-12-13-14-15-17-19-21-23-20(22)18-16-6-4-2/h21H,3-19H2,1-2H3. The summed E-state index contributed by atoms with van der Waals surface area (Å²) in [5.41, 5.74) is 2.80. The Balaban J connectivity index is 3.06. The second kappa shape index (κ2) is 19.5. The fraction of sp³-hybridized carbons (Fsp3) is 0.950. The minimum atomic E-state index is -0.114. The summed E-state index contributed by atoms with van der Waals surface area (Å²) in [6.45, 7) is 5.20. The first-order chi connectivity index (χ1) is 11.3. The normalized spacial score (nSPS) is 10.9. The van der Waals surface area contributed by atoms with E-state index in [-0.39, 0.29) is 5.97 Å². The quantitative estimate of drug-likeness (QED) is 0.236. The molecule has 138 valence electrons. The molecule has 0 amide bonds. The van der Waals surface area contributed by atoms with E-state index in [9.17, 15) is 4.79 Å². The Bertz CT molecular complexity index is 244. The molecule has 0 saturated heterocycles. The summed E-state index contributed by atoms with van der Waals surface area (Å²) in [7, 11) is 0. The van der Waals surface area contributed by atoms with Gasteiger partial charge in [0.05, 0.1) is 0 Å². The lowest BCUT2D eigenvalue weighted by Gasteiger charge is -2.06. The van der Waals surface area contributed by atoms with Crippen LogP contribution in [0.25, 0.3) is 0 Å². The zero-order chi connectivity index (χ0) is 17.0. The van der Waals surface area contributed by atoms with Crippen molar-refractivity contribution >= 4 is 5.97 Å². The van der Waals surface area contributed by atoms with Gasteiger partial charge >= 0.3 is 5.97 Å². The van der Waals surface area contributed by atoms with E-state index in [2.05, 4.69) is 19.3 Å². The molecule has 3 nitrogen and oxygen atoms in total. The molecule has 0 aromatic carbocycles. The maximum absolute atomic E-state index is 11.4. The van der Waals surface area contributed by atoms with Crippen LogP contribution in [0.2, 0.25) is 0 Å². The predicted octanol–water partition coefficient (Wildman–Crippen LogP) is 6.32. The number of hydrogen-bond donors (Lipinski definition) is 1. The molecule has 0 fully saturated rings. The highest BCUT2D eigenvalue weighted by Crippen LogP contribution is 2.11. The second-order valence-corrected chi connectivity index (χ2v) is 6.71. The molecule has 0 aliphatic heterocycles. The molecular weight excluding hydrogens is 286 g/mol. The molecule has 0 spiro atoms. The van der Waals surface area contributed by atoms with Gasteiger partial charge in [0.25, 0.3) is 0 Å². The van der Waals surface area contributed by atoms with Gasteiger partial charge in [0.1, 0.15) is 0 Å². The van der Waals surface area contributed by atoms with Crippen molar-refractivity contribution < 1.29 is 9.63 Å². The molecule has 23 heavy (non-hydrogen) atoms. The minimum absolute atomic E-state index is 0.114. The van der Waals surface area contributed by atoms with Crippen molar-refractivity contribution in [3.05, 3.63) is 0 Å². The third-order valence-corrected chi connectivity index (χ3v) is 4.30. The van der Waals surface area contributed by atoms with Gasteiger partial charge in [0.2, 0.25) is 0 Å². The van der Waals surface area contributed by atoms with Crippen LogP contribution in [0.15, 0.2) is 0 Å². The average Bonchev–Trinajstić information content (AvgIpc) is 2.55. The number of nitrogens with one attached hydrogen (secondary N) is 1. The number of carbonyl (C=O) groups is 1. The highest BCUT2D eigenvalue weighted by molar-refractivity contribution is 5.68. The maximum Gasteiger partial charge on any atom is 0.324 e. The summed E-state index contributed by atoms with van der Waals surface area (Å²) in [4.78, 5) is 16.4. The molecule has 0 aliphatic rings. The van der Waals surface area contributed by atoms with E-state index >= 15 is 0 Å². The second-order valence-electron chi connectivity index (χ2n) is 6.71. The van der Waals surface area contributed by atoms with Crippen molar-refractivity contribution in [2.45, 2.75) is 117 Å². The fourth-order valence-corrected chi connectivity index (χ4v) is 2.74. The third-order valence-electron chi connectivity index (χ3n) is 4.30. The van der Waals surface area contributed by atoms with Crippen LogP contribution in [0.5, 0.6) is 0 Å². The Morgan fingerprint density at radius 1 is 0.652 bits per heavy atom. The van der Waals surface area contributed by atoms with Gasteiger partial charge in [-0.05, 0) is 12.8 Å². The van der Waals surface area contributed by atoms with Crippen LogP contribution in [0.3, 0.4) is 0 Å². The van der Waals surface area contributed by atoms with Gasteiger partial charge in [0, 0.05) is 13.0 Å². The summed E-state index contributed by atoms with van der Waals surface area (Å²) in [6.07, 6.45) is 19.9. The highest BCUT2D eigenvalue weighted by atomic mass is 16.7. The van der Waals surface area contributed by atoms with Gasteiger partial charge in [-0.3, -0.25) is 4.79 Å². The van der Waals surface area contributed by atoms with Crippen molar-refractivity contribution in [1.29, 1.82) is 0 Å². The lowest BCUT2D eigenvalue weighted by atomic mass is 10.1. The molecule has 3 heteroatoms. The van der Waals surface area contributed by atoms with Gasteiger partial charge in [-0.2, -0.15) is 5.48 Å². The van der Waals surface area contributed by atoms with Crippen LogP contribution >= 0.6 is 0 Å². The monoisotopic (exact) mass is 327 g/mol. The van der Waals surface area contributed by atoms with Gasteiger partial charge in [-0.25, -0.2) is 0 Å². The molecule has 0 heterocycles. The number of hydroxylamine groups is 1. The Hall–Kier alpha value is -0.570. The van der Waals surface area contributed by atoms with Crippen molar-refractivity contribution in [1.82, 2.24) is 5.48 Å². The number of unbranched alkanes of at least 4 members (excludes halogenated alkanes) is 13. The Labute approximate surface area is 144 Å². The topological polar surface area (TPSA) is 38.3 Å². The van der Waals surface area contributed by atoms with Crippen molar-refractivity contribution in [2.75, 3.05) is 6.54 Å². The van der Waals surface area contributed by atoms with Crippen molar-refractivity contribution in [3.63, 3.8) is 0 Å². The van der Waals surface area contributed by atoms with Crippen LogP contribution in [0.1, 0.15) is 117 Å². The largest absolute Gasteiger partial charge is 0.371 e. The summed E-state index contributed by atoms with van der Waals surface area (Å²) in [5, 5.41) is 0. The van der Waals surface area contributed by atoms with Crippen LogP contribution in [0, 0.1) is 0 Å². The molecule has 0 unspecified atom stereocenters. The van der Waals surface area contributed by atoms with Gasteiger partial charge in [-0.1, -0.05) is 97.3 Å².